The van der Waals surface area contributed by atoms with Gasteiger partial charge in [-0.25, -0.2) is 4.79 Å². The lowest BCUT2D eigenvalue weighted by Crippen LogP contribution is -2.03. The molecule has 0 saturated carbocycles. The van der Waals surface area contributed by atoms with Crippen LogP contribution < -0.4 is 5.32 Å². The van der Waals surface area contributed by atoms with E-state index in [1.54, 1.807) is 18.2 Å². The molecule has 0 aliphatic carbocycles. The second-order valence-electron chi connectivity index (χ2n) is 4.04. The fraction of sp³-hybridized carbons (Fsp3) is 0. The Kier molecular flexibility index (Phi) is 4.44. The van der Waals surface area contributed by atoms with Gasteiger partial charge in [0.05, 0.1) is 15.6 Å². The van der Waals surface area contributed by atoms with Crippen LogP contribution in [0.3, 0.4) is 0 Å². The van der Waals surface area contributed by atoms with Crippen molar-refractivity contribution in [2.75, 3.05) is 5.32 Å². The molecule has 6 nitrogen and oxygen atoms in total. The summed E-state index contributed by atoms with van der Waals surface area (Å²) in [6.07, 6.45) is 0. The highest BCUT2D eigenvalue weighted by atomic mass is 79.9. The van der Waals surface area contributed by atoms with Gasteiger partial charge in [-0.2, -0.15) is 0 Å². The van der Waals surface area contributed by atoms with Crippen LogP contribution in [0.5, 0.6) is 0 Å². The first-order valence-corrected chi connectivity index (χ1v) is 6.79. The minimum Gasteiger partial charge on any atom is -0.477 e. The lowest BCUT2D eigenvalue weighted by molar-refractivity contribution is -0.385. The Hall–Kier alpha value is -2.12. The van der Waals surface area contributed by atoms with Gasteiger partial charge in [0.2, 0.25) is 0 Å². The van der Waals surface area contributed by atoms with E-state index in [2.05, 4.69) is 21.2 Å². The Balaban J connectivity index is 2.39. The molecule has 108 valence electrons. The average molecular weight is 372 g/mol. The van der Waals surface area contributed by atoms with Crippen LogP contribution >= 0.6 is 27.5 Å². The van der Waals surface area contributed by atoms with Gasteiger partial charge in [-0.1, -0.05) is 27.5 Å². The van der Waals surface area contributed by atoms with Crippen LogP contribution in [0.2, 0.25) is 5.02 Å². The van der Waals surface area contributed by atoms with Gasteiger partial charge in [0, 0.05) is 16.2 Å². The van der Waals surface area contributed by atoms with E-state index in [4.69, 9.17) is 16.7 Å². The van der Waals surface area contributed by atoms with Crippen molar-refractivity contribution in [3.05, 3.63) is 61.6 Å². The van der Waals surface area contributed by atoms with Gasteiger partial charge < -0.3 is 10.4 Å². The summed E-state index contributed by atoms with van der Waals surface area (Å²) in [6.45, 7) is 0. The molecule has 0 aromatic heterocycles. The van der Waals surface area contributed by atoms with Gasteiger partial charge in [-0.05, 0) is 30.3 Å². The molecule has 0 aliphatic heterocycles. The van der Waals surface area contributed by atoms with E-state index in [-0.39, 0.29) is 5.56 Å². The molecule has 0 amide bonds. The van der Waals surface area contributed by atoms with Crippen LogP contribution in [-0.4, -0.2) is 16.0 Å². The second-order valence-corrected chi connectivity index (χ2v) is 5.37. The van der Waals surface area contributed by atoms with Crippen LogP contribution in [0, 0.1) is 10.1 Å². The lowest BCUT2D eigenvalue weighted by Gasteiger charge is -2.09. The Morgan fingerprint density at radius 2 is 2.00 bits per heavy atom. The molecular formula is C13H8BrClN2O4. The molecular weight excluding hydrogens is 364 g/mol. The first-order valence-electron chi connectivity index (χ1n) is 5.62. The van der Waals surface area contributed by atoms with E-state index in [0.717, 1.165) is 10.5 Å². The standard InChI is InChI=1S/C13H8BrClN2O4/c14-7-1-4-11(10(15)5-7)16-8-2-3-9(13(18)19)12(6-8)17(20)21/h1-6,16H,(H,18,19). The highest BCUT2D eigenvalue weighted by Gasteiger charge is 2.20. The average Bonchev–Trinajstić information content (AvgIpc) is 2.41. The summed E-state index contributed by atoms with van der Waals surface area (Å²) < 4.78 is 0.797. The van der Waals surface area contributed by atoms with Gasteiger partial charge in [0.1, 0.15) is 5.56 Å². The number of hydrogen-bond donors (Lipinski definition) is 2. The zero-order chi connectivity index (χ0) is 15.6. The largest absolute Gasteiger partial charge is 0.477 e. The van der Waals surface area contributed by atoms with Crippen molar-refractivity contribution in [2.24, 2.45) is 0 Å². The maximum Gasteiger partial charge on any atom is 0.342 e. The number of hydrogen-bond acceptors (Lipinski definition) is 4. The zero-order valence-electron chi connectivity index (χ0n) is 10.3. The molecule has 0 atom stereocenters. The van der Waals surface area contributed by atoms with Gasteiger partial charge in [-0.3, -0.25) is 10.1 Å². The normalized spacial score (nSPS) is 10.2. The maximum absolute atomic E-state index is 10.9. The minimum atomic E-state index is -1.35. The second kappa shape index (κ2) is 6.11. The number of aromatic carboxylic acids is 1. The first kappa shape index (κ1) is 15.3. The summed E-state index contributed by atoms with van der Waals surface area (Å²) in [6, 6.07) is 8.90. The fourth-order valence-electron chi connectivity index (χ4n) is 1.69. The van der Waals surface area contributed by atoms with Gasteiger partial charge in [0.15, 0.2) is 0 Å². The van der Waals surface area contributed by atoms with Crippen LogP contribution in [0.25, 0.3) is 0 Å². The molecule has 0 saturated heterocycles. The molecule has 21 heavy (non-hydrogen) atoms. The molecule has 8 heteroatoms. The topological polar surface area (TPSA) is 92.5 Å². The minimum absolute atomic E-state index is 0.368. The number of carbonyl (C=O) groups is 1. The van der Waals surface area contributed by atoms with Crippen molar-refractivity contribution in [3.8, 4) is 0 Å². The van der Waals surface area contributed by atoms with Crippen molar-refractivity contribution in [1.29, 1.82) is 0 Å². The number of halogens is 2. The van der Waals surface area contributed by atoms with E-state index in [1.165, 1.54) is 12.1 Å². The van der Waals surface area contributed by atoms with Crippen LogP contribution in [-0.2, 0) is 0 Å². The van der Waals surface area contributed by atoms with Crippen molar-refractivity contribution in [2.45, 2.75) is 0 Å². The molecule has 0 fully saturated rings. The molecule has 2 rings (SSSR count). The van der Waals surface area contributed by atoms with E-state index < -0.39 is 16.6 Å². The number of nitro groups is 1. The molecule has 2 aromatic carbocycles. The van der Waals surface area contributed by atoms with E-state index in [0.29, 0.717) is 16.4 Å². The number of anilines is 2. The zero-order valence-corrected chi connectivity index (χ0v) is 12.7. The van der Waals surface area contributed by atoms with Crippen LogP contribution in [0.15, 0.2) is 40.9 Å². The number of rotatable bonds is 4. The number of carboxylic acids is 1. The summed E-state index contributed by atoms with van der Waals surface area (Å²) in [7, 11) is 0. The molecule has 2 aromatic rings. The highest BCUT2D eigenvalue weighted by molar-refractivity contribution is 9.10. The van der Waals surface area contributed by atoms with Crippen molar-refractivity contribution >= 4 is 50.6 Å². The third kappa shape index (κ3) is 3.50. The summed E-state index contributed by atoms with van der Waals surface area (Å²) >= 11 is 9.31. The third-order valence-electron chi connectivity index (χ3n) is 2.63. The number of nitrogens with one attached hydrogen (secondary N) is 1. The summed E-state index contributed by atoms with van der Waals surface area (Å²) in [5.74, 6) is -1.35. The predicted molar refractivity (Wildman–Crippen MR) is 82.5 cm³/mol. The number of nitro benzene ring substituents is 1. The highest BCUT2D eigenvalue weighted by Crippen LogP contribution is 2.30. The van der Waals surface area contributed by atoms with Crippen molar-refractivity contribution in [3.63, 3.8) is 0 Å². The Bertz CT molecular complexity index is 736. The molecule has 0 aliphatic rings. The number of benzene rings is 2. The SMILES string of the molecule is O=C(O)c1ccc(Nc2ccc(Br)cc2Cl)cc1[N+](=O)[O-]. The third-order valence-corrected chi connectivity index (χ3v) is 3.44. The van der Waals surface area contributed by atoms with Gasteiger partial charge in [-0.15, -0.1) is 0 Å². The van der Waals surface area contributed by atoms with Crippen LogP contribution in [0.4, 0.5) is 17.1 Å². The predicted octanol–water partition coefficient (Wildman–Crippen LogP) is 4.45. The first-order chi connectivity index (χ1) is 9.88. The molecule has 0 heterocycles. The smallest absolute Gasteiger partial charge is 0.342 e. The Morgan fingerprint density at radius 3 is 2.57 bits per heavy atom. The maximum atomic E-state index is 10.9. The molecule has 0 unspecified atom stereocenters. The Morgan fingerprint density at radius 1 is 1.29 bits per heavy atom. The van der Waals surface area contributed by atoms with Gasteiger partial charge >= 0.3 is 5.97 Å². The molecule has 2 N–H and O–H groups in total. The quantitative estimate of drug-likeness (QED) is 0.612. The Labute approximate surface area is 132 Å². The van der Waals surface area contributed by atoms with Crippen molar-refractivity contribution in [1.82, 2.24) is 0 Å². The molecule has 0 bridgehead atoms. The number of nitrogens with zero attached hydrogens (tertiary/aromatic N) is 1. The van der Waals surface area contributed by atoms with Crippen molar-refractivity contribution < 1.29 is 14.8 Å². The molecule has 0 spiro atoms. The lowest BCUT2D eigenvalue weighted by atomic mass is 10.1. The summed E-state index contributed by atoms with van der Waals surface area (Å²) in [4.78, 5) is 21.1. The van der Waals surface area contributed by atoms with E-state index in [9.17, 15) is 14.9 Å². The number of carboxylic acid groups (broad SMARTS) is 1. The monoisotopic (exact) mass is 370 g/mol. The fourth-order valence-corrected chi connectivity index (χ4v) is 2.41. The van der Waals surface area contributed by atoms with Gasteiger partial charge in [0.25, 0.3) is 5.69 Å². The molecule has 0 radical (unpaired) electrons. The van der Waals surface area contributed by atoms with E-state index >= 15 is 0 Å². The van der Waals surface area contributed by atoms with E-state index in [1.807, 2.05) is 0 Å². The summed E-state index contributed by atoms with van der Waals surface area (Å²) in [5, 5.41) is 23.2. The van der Waals surface area contributed by atoms with Crippen LogP contribution in [0.1, 0.15) is 10.4 Å². The summed E-state index contributed by atoms with van der Waals surface area (Å²) in [5.41, 5.74) is 0.0707.